The Morgan fingerprint density at radius 2 is 1.62 bits per heavy atom. The molecule has 0 saturated carbocycles. The van der Waals surface area contributed by atoms with Crippen LogP contribution in [0, 0.1) is 0 Å². The minimum Gasteiger partial charge on any atom is -0.372 e. The Hall–Kier alpha value is -2.52. The van der Waals surface area contributed by atoms with Crippen molar-refractivity contribution in [1.82, 2.24) is 9.47 Å². The molecule has 132 valence electrons. The molecule has 26 heavy (non-hydrogen) atoms. The summed E-state index contributed by atoms with van der Waals surface area (Å²) in [5, 5.41) is 3.90. The maximum absolute atomic E-state index is 3.90. The summed E-state index contributed by atoms with van der Waals surface area (Å²) in [6.07, 6.45) is 5.65. The molecule has 2 aliphatic heterocycles. The fourth-order valence-corrected chi connectivity index (χ4v) is 4.56. The highest BCUT2D eigenvalue weighted by Crippen LogP contribution is 2.43. The second-order valence-corrected chi connectivity index (χ2v) is 7.56. The average molecular weight is 343 g/mol. The molecule has 0 amide bonds. The first-order valence-electron chi connectivity index (χ1n) is 9.66. The normalized spacial score (nSPS) is 18.2. The molecule has 1 spiro atoms. The predicted molar refractivity (Wildman–Crippen MR) is 107 cm³/mol. The van der Waals surface area contributed by atoms with Crippen LogP contribution in [0.25, 0.3) is 5.69 Å². The molecule has 0 radical (unpaired) electrons. The lowest BCUT2D eigenvalue weighted by Crippen LogP contribution is -2.50. The van der Waals surface area contributed by atoms with Gasteiger partial charge in [-0.3, -0.25) is 0 Å². The first kappa shape index (κ1) is 15.7. The maximum Gasteiger partial charge on any atom is 0.0804 e. The second kappa shape index (κ2) is 6.33. The van der Waals surface area contributed by atoms with Crippen LogP contribution in [0.5, 0.6) is 0 Å². The summed E-state index contributed by atoms with van der Waals surface area (Å²) in [7, 11) is 0. The molecule has 3 aromatic rings. The van der Waals surface area contributed by atoms with E-state index in [1.165, 1.54) is 22.6 Å². The van der Waals surface area contributed by atoms with Crippen LogP contribution in [0.15, 0.2) is 72.9 Å². The third kappa shape index (κ3) is 2.63. The van der Waals surface area contributed by atoms with Gasteiger partial charge in [-0.15, -0.1) is 0 Å². The number of hydrogen-bond acceptors (Lipinski definition) is 2. The summed E-state index contributed by atoms with van der Waals surface area (Å²) in [5.41, 5.74) is 5.45. The number of nitrogens with one attached hydrogen (secondary N) is 1. The Morgan fingerprint density at radius 1 is 0.846 bits per heavy atom. The van der Waals surface area contributed by atoms with E-state index in [2.05, 4.69) is 87.7 Å². The van der Waals surface area contributed by atoms with E-state index in [1.54, 1.807) is 0 Å². The van der Waals surface area contributed by atoms with Gasteiger partial charge in [0.05, 0.1) is 16.9 Å². The number of aromatic nitrogens is 1. The van der Waals surface area contributed by atoms with Crippen molar-refractivity contribution in [3.8, 4) is 5.69 Å². The fourth-order valence-electron chi connectivity index (χ4n) is 4.56. The van der Waals surface area contributed by atoms with Crippen LogP contribution in [-0.4, -0.2) is 29.1 Å². The molecule has 0 aliphatic carbocycles. The quantitative estimate of drug-likeness (QED) is 0.759. The number of benzene rings is 2. The monoisotopic (exact) mass is 343 g/mol. The lowest BCUT2D eigenvalue weighted by Gasteiger charge is -2.46. The van der Waals surface area contributed by atoms with Crippen molar-refractivity contribution in [2.24, 2.45) is 0 Å². The van der Waals surface area contributed by atoms with Crippen molar-refractivity contribution in [2.75, 3.05) is 25.0 Å². The number of fused-ring (bicyclic) bond motifs is 4. The van der Waals surface area contributed by atoms with E-state index in [4.69, 9.17) is 0 Å². The van der Waals surface area contributed by atoms with E-state index in [9.17, 15) is 0 Å². The van der Waals surface area contributed by atoms with E-state index in [0.717, 1.165) is 38.9 Å². The van der Waals surface area contributed by atoms with Gasteiger partial charge in [0.15, 0.2) is 0 Å². The molecule has 1 saturated heterocycles. The van der Waals surface area contributed by atoms with Gasteiger partial charge in [-0.25, -0.2) is 0 Å². The Bertz CT molecular complexity index is 889. The predicted octanol–water partition coefficient (Wildman–Crippen LogP) is 4.44. The molecule has 3 nitrogen and oxygen atoms in total. The number of para-hydroxylation sites is 2. The van der Waals surface area contributed by atoms with Crippen LogP contribution in [-0.2, 0) is 12.0 Å². The first-order chi connectivity index (χ1) is 12.8. The molecule has 3 heteroatoms. The molecule has 1 aromatic heterocycles. The number of piperidine rings is 1. The summed E-state index contributed by atoms with van der Waals surface area (Å²) in [4.78, 5) is 2.62. The third-order valence-electron chi connectivity index (χ3n) is 6.05. The molecule has 2 aliphatic rings. The number of anilines is 1. The molecule has 0 unspecified atom stereocenters. The topological polar surface area (TPSA) is 20.2 Å². The zero-order valence-electron chi connectivity index (χ0n) is 15.1. The summed E-state index contributed by atoms with van der Waals surface area (Å²) in [6.45, 7) is 3.44. The van der Waals surface area contributed by atoms with E-state index in [0.29, 0.717) is 0 Å². The minimum absolute atomic E-state index is 0.0705. The van der Waals surface area contributed by atoms with Gasteiger partial charge >= 0.3 is 0 Å². The van der Waals surface area contributed by atoms with Crippen LogP contribution in [0.3, 0.4) is 0 Å². The van der Waals surface area contributed by atoms with E-state index in [-0.39, 0.29) is 5.54 Å². The lowest BCUT2D eigenvalue weighted by molar-refractivity contribution is 0.170. The largest absolute Gasteiger partial charge is 0.372 e. The molecule has 1 N–H and O–H groups in total. The van der Waals surface area contributed by atoms with Crippen molar-refractivity contribution in [3.05, 3.63) is 84.2 Å². The van der Waals surface area contributed by atoms with Crippen molar-refractivity contribution in [3.63, 3.8) is 0 Å². The highest BCUT2D eigenvalue weighted by molar-refractivity contribution is 5.67. The SMILES string of the molecule is c1ccc(CCN2CCC3(CC2)Nc2ccccc2-n2cccc23)cc1. The Kier molecular flexibility index (Phi) is 3.83. The van der Waals surface area contributed by atoms with Crippen LogP contribution in [0.1, 0.15) is 24.1 Å². The minimum atomic E-state index is 0.0705. The second-order valence-electron chi connectivity index (χ2n) is 7.56. The number of rotatable bonds is 3. The van der Waals surface area contributed by atoms with Gasteiger partial charge in [0.25, 0.3) is 0 Å². The average Bonchev–Trinajstić information content (AvgIpc) is 3.20. The number of nitrogens with zero attached hydrogens (tertiary/aromatic N) is 2. The number of hydrogen-bond donors (Lipinski definition) is 1. The van der Waals surface area contributed by atoms with Gasteiger partial charge in [0.2, 0.25) is 0 Å². The van der Waals surface area contributed by atoms with Gasteiger partial charge in [-0.05, 0) is 49.1 Å². The van der Waals surface area contributed by atoms with Gasteiger partial charge in [0.1, 0.15) is 0 Å². The maximum atomic E-state index is 3.90. The molecule has 1 fully saturated rings. The van der Waals surface area contributed by atoms with Crippen LogP contribution < -0.4 is 5.32 Å². The Labute approximate surface area is 155 Å². The molecule has 2 aromatic carbocycles. The zero-order chi connectivity index (χ0) is 17.4. The standard InChI is InChI=1S/C23H25N3/c1-2-7-19(8-3-1)12-16-25-17-13-23(14-18-25)22-11-6-15-26(22)21-10-5-4-9-20(21)24-23/h1-11,15,24H,12-14,16-18H2. The molecule has 0 atom stereocenters. The summed E-state index contributed by atoms with van der Waals surface area (Å²) >= 11 is 0. The summed E-state index contributed by atoms with van der Waals surface area (Å²) in [6, 6.07) is 24.0. The van der Waals surface area contributed by atoms with Gasteiger partial charge in [0, 0.05) is 31.5 Å². The Morgan fingerprint density at radius 3 is 2.46 bits per heavy atom. The molecular weight excluding hydrogens is 318 g/mol. The Balaban J connectivity index is 1.32. The van der Waals surface area contributed by atoms with Gasteiger partial charge in [-0.2, -0.15) is 0 Å². The van der Waals surface area contributed by atoms with Crippen LogP contribution in [0.2, 0.25) is 0 Å². The van der Waals surface area contributed by atoms with Crippen molar-refractivity contribution in [1.29, 1.82) is 0 Å². The van der Waals surface area contributed by atoms with Gasteiger partial charge in [-0.1, -0.05) is 42.5 Å². The molecule has 0 bridgehead atoms. The molecular formula is C23H25N3. The van der Waals surface area contributed by atoms with Crippen molar-refractivity contribution < 1.29 is 0 Å². The van der Waals surface area contributed by atoms with Crippen LogP contribution in [0.4, 0.5) is 5.69 Å². The third-order valence-corrected chi connectivity index (χ3v) is 6.05. The fraction of sp³-hybridized carbons (Fsp3) is 0.304. The highest BCUT2D eigenvalue weighted by atomic mass is 15.2. The van der Waals surface area contributed by atoms with Crippen molar-refractivity contribution >= 4 is 5.69 Å². The lowest BCUT2D eigenvalue weighted by atomic mass is 9.82. The van der Waals surface area contributed by atoms with Crippen LogP contribution >= 0.6 is 0 Å². The molecule has 5 rings (SSSR count). The van der Waals surface area contributed by atoms with Gasteiger partial charge < -0.3 is 14.8 Å². The first-order valence-corrected chi connectivity index (χ1v) is 9.66. The zero-order valence-corrected chi connectivity index (χ0v) is 15.1. The number of likely N-dealkylation sites (tertiary alicyclic amines) is 1. The van der Waals surface area contributed by atoms with E-state index in [1.807, 2.05) is 0 Å². The summed E-state index contributed by atoms with van der Waals surface area (Å²) < 4.78 is 2.38. The smallest absolute Gasteiger partial charge is 0.0804 e. The highest BCUT2D eigenvalue weighted by Gasteiger charge is 2.41. The van der Waals surface area contributed by atoms with E-state index >= 15 is 0 Å². The van der Waals surface area contributed by atoms with Crippen molar-refractivity contribution in [2.45, 2.75) is 24.8 Å². The molecule has 3 heterocycles. The summed E-state index contributed by atoms with van der Waals surface area (Å²) in [5.74, 6) is 0. The van der Waals surface area contributed by atoms with E-state index < -0.39 is 0 Å².